The van der Waals surface area contributed by atoms with Crippen LogP contribution in [0.5, 0.6) is 0 Å². The van der Waals surface area contributed by atoms with Crippen molar-refractivity contribution < 1.29 is 14.3 Å². The first kappa shape index (κ1) is 17.8. The fourth-order valence-corrected chi connectivity index (χ4v) is 3.52. The van der Waals surface area contributed by atoms with Gasteiger partial charge in [0, 0.05) is 17.7 Å². The van der Waals surface area contributed by atoms with Gasteiger partial charge in [-0.2, -0.15) is 0 Å². The molecule has 1 heterocycles. The van der Waals surface area contributed by atoms with Crippen LogP contribution in [0.15, 0.2) is 17.9 Å². The number of halogens is 1. The average molecular weight is 428 g/mol. The summed E-state index contributed by atoms with van der Waals surface area (Å²) in [6.45, 7) is 5.85. The molecule has 0 fully saturated rings. The maximum absolute atomic E-state index is 12.5. The van der Waals surface area contributed by atoms with Gasteiger partial charge in [0.1, 0.15) is 5.76 Å². The van der Waals surface area contributed by atoms with E-state index in [4.69, 9.17) is 4.74 Å². The van der Waals surface area contributed by atoms with Crippen LogP contribution in [0.2, 0.25) is 0 Å². The number of amides is 2. The second-order valence-corrected chi connectivity index (χ2v) is 7.05. The third-order valence-electron chi connectivity index (χ3n) is 3.79. The highest BCUT2D eigenvalue weighted by molar-refractivity contribution is 14.1. The maximum Gasteiger partial charge on any atom is 0.414 e. The van der Waals surface area contributed by atoms with Crippen molar-refractivity contribution in [1.82, 2.24) is 10.2 Å². The molecule has 1 unspecified atom stereocenters. The van der Waals surface area contributed by atoms with Crippen LogP contribution in [0.3, 0.4) is 0 Å². The second kappa shape index (κ2) is 6.90. The van der Waals surface area contributed by atoms with Gasteiger partial charge in [0.15, 0.2) is 0 Å². The van der Waals surface area contributed by atoms with E-state index in [0.29, 0.717) is 11.3 Å². The van der Waals surface area contributed by atoms with Crippen LogP contribution in [0.4, 0.5) is 4.79 Å². The molecular formula is C17H21IN2O3. The lowest BCUT2D eigenvalue weighted by Crippen LogP contribution is -2.29. The molecule has 0 aromatic heterocycles. The lowest BCUT2D eigenvalue weighted by Gasteiger charge is -2.17. The van der Waals surface area contributed by atoms with E-state index in [1.807, 2.05) is 19.9 Å². The van der Waals surface area contributed by atoms with Gasteiger partial charge in [0.25, 0.3) is 5.91 Å². The van der Waals surface area contributed by atoms with Crippen molar-refractivity contribution >= 4 is 40.2 Å². The second-order valence-electron chi connectivity index (χ2n) is 5.81. The monoisotopic (exact) mass is 428 g/mol. The normalized spacial score (nSPS) is 17.3. The third-order valence-corrected chi connectivity index (χ3v) is 4.41. The molecule has 124 valence electrons. The summed E-state index contributed by atoms with van der Waals surface area (Å²) in [6, 6.07) is 3.77. The van der Waals surface area contributed by atoms with Gasteiger partial charge in [-0.1, -0.05) is 6.92 Å². The van der Waals surface area contributed by atoms with Gasteiger partial charge in [-0.15, -0.1) is 0 Å². The van der Waals surface area contributed by atoms with Crippen LogP contribution in [-0.4, -0.2) is 37.0 Å². The molecule has 1 atom stereocenters. The summed E-state index contributed by atoms with van der Waals surface area (Å²) in [7, 11) is 3.23. The lowest BCUT2D eigenvalue weighted by molar-refractivity contribution is -0.115. The highest BCUT2D eigenvalue weighted by Crippen LogP contribution is 2.33. The molecule has 0 saturated heterocycles. The topological polar surface area (TPSA) is 58.6 Å². The van der Waals surface area contributed by atoms with Gasteiger partial charge < -0.3 is 15.0 Å². The molecule has 1 aliphatic heterocycles. The van der Waals surface area contributed by atoms with E-state index in [-0.39, 0.29) is 11.9 Å². The molecule has 0 aliphatic carbocycles. The molecule has 0 bridgehead atoms. The molecule has 2 amide bonds. The number of benzene rings is 1. The van der Waals surface area contributed by atoms with Gasteiger partial charge in [-0.3, -0.25) is 4.79 Å². The Balaban J connectivity index is 2.63. The number of ether oxygens (including phenoxy) is 1. The van der Waals surface area contributed by atoms with Crippen molar-refractivity contribution in [3.05, 3.63) is 38.2 Å². The predicted molar refractivity (Wildman–Crippen MR) is 98.0 cm³/mol. The van der Waals surface area contributed by atoms with Crippen LogP contribution < -0.4 is 5.32 Å². The Morgan fingerprint density at radius 1 is 1.39 bits per heavy atom. The minimum atomic E-state index is -0.484. The van der Waals surface area contributed by atoms with Crippen LogP contribution in [0, 0.1) is 10.5 Å². The summed E-state index contributed by atoms with van der Waals surface area (Å²) in [5.41, 5.74) is 3.42. The van der Waals surface area contributed by atoms with E-state index in [2.05, 4.69) is 40.9 Å². The number of aryl methyl sites for hydroxylation is 2. The van der Waals surface area contributed by atoms with E-state index < -0.39 is 6.09 Å². The molecule has 2 rings (SSSR count). The molecule has 5 nitrogen and oxygen atoms in total. The van der Waals surface area contributed by atoms with Gasteiger partial charge >= 0.3 is 6.09 Å². The van der Waals surface area contributed by atoms with Crippen molar-refractivity contribution in [2.75, 3.05) is 14.1 Å². The van der Waals surface area contributed by atoms with E-state index in [0.717, 1.165) is 26.7 Å². The molecule has 6 heteroatoms. The first-order chi connectivity index (χ1) is 10.8. The molecule has 1 aliphatic rings. The molecule has 0 radical (unpaired) electrons. The zero-order valence-corrected chi connectivity index (χ0v) is 16.1. The minimum absolute atomic E-state index is 0.196. The summed E-state index contributed by atoms with van der Waals surface area (Å²) >= 11 is 2.27. The van der Waals surface area contributed by atoms with Crippen LogP contribution >= 0.6 is 22.6 Å². The largest absolute Gasteiger partial charge is 0.414 e. The van der Waals surface area contributed by atoms with Crippen molar-refractivity contribution in [3.63, 3.8) is 0 Å². The molecule has 0 spiro atoms. The Morgan fingerprint density at radius 2 is 2.04 bits per heavy atom. The highest BCUT2D eigenvalue weighted by atomic mass is 127. The van der Waals surface area contributed by atoms with Gasteiger partial charge in [0.05, 0.1) is 11.6 Å². The van der Waals surface area contributed by atoms with E-state index in [9.17, 15) is 9.59 Å². The lowest BCUT2D eigenvalue weighted by atomic mass is 9.93. The molecular weight excluding hydrogens is 407 g/mol. The van der Waals surface area contributed by atoms with E-state index in [1.165, 1.54) is 4.90 Å². The Labute approximate surface area is 150 Å². The van der Waals surface area contributed by atoms with Crippen LogP contribution in [0.25, 0.3) is 5.57 Å². The third kappa shape index (κ3) is 3.52. The fraction of sp³-hybridized carbons (Fsp3) is 0.412. The Bertz CT molecular complexity index is 695. The smallest absolute Gasteiger partial charge is 0.412 e. The minimum Gasteiger partial charge on any atom is -0.412 e. The SMILES string of the molecule is CCc1cc(I)cc(C)c1C1=C(OC(=O)N(C)C)C(C)NC1=O. The average Bonchev–Trinajstić information content (AvgIpc) is 2.72. The van der Waals surface area contributed by atoms with Gasteiger partial charge in [0.2, 0.25) is 0 Å². The Kier molecular flexibility index (Phi) is 5.33. The molecule has 1 aromatic rings. The van der Waals surface area contributed by atoms with Crippen molar-refractivity contribution in [1.29, 1.82) is 0 Å². The van der Waals surface area contributed by atoms with Gasteiger partial charge in [-0.25, -0.2) is 4.79 Å². The first-order valence-corrected chi connectivity index (χ1v) is 8.57. The van der Waals surface area contributed by atoms with E-state index >= 15 is 0 Å². The Morgan fingerprint density at radius 3 is 2.61 bits per heavy atom. The quantitative estimate of drug-likeness (QED) is 0.753. The number of carbonyl (C=O) groups excluding carboxylic acids is 2. The zero-order valence-electron chi connectivity index (χ0n) is 14.0. The summed E-state index contributed by atoms with van der Waals surface area (Å²) in [5.74, 6) is 0.200. The summed E-state index contributed by atoms with van der Waals surface area (Å²) in [5, 5.41) is 2.84. The number of nitrogens with one attached hydrogen (secondary N) is 1. The standard InChI is InChI=1S/C17H21IN2O3/c1-6-11-8-12(18)7-9(2)13(11)14-15(10(3)19-16(14)21)23-17(22)20(4)5/h7-8,10H,6H2,1-5H3,(H,19,21). The molecule has 0 saturated carbocycles. The number of rotatable bonds is 3. The predicted octanol–water partition coefficient (Wildman–Crippen LogP) is 3.09. The molecule has 23 heavy (non-hydrogen) atoms. The number of carbonyl (C=O) groups is 2. The van der Waals surface area contributed by atoms with Gasteiger partial charge in [-0.05, 0) is 71.7 Å². The van der Waals surface area contributed by atoms with Crippen molar-refractivity contribution in [3.8, 4) is 0 Å². The fourth-order valence-electron chi connectivity index (χ4n) is 2.67. The zero-order chi connectivity index (χ0) is 17.3. The highest BCUT2D eigenvalue weighted by Gasteiger charge is 2.35. The maximum atomic E-state index is 12.5. The summed E-state index contributed by atoms with van der Waals surface area (Å²) in [6.07, 6.45) is 0.314. The molecule has 1 aromatic carbocycles. The number of nitrogens with zero attached hydrogens (tertiary/aromatic N) is 1. The van der Waals surface area contributed by atoms with Crippen LogP contribution in [-0.2, 0) is 16.0 Å². The first-order valence-electron chi connectivity index (χ1n) is 7.49. The van der Waals surface area contributed by atoms with E-state index in [1.54, 1.807) is 14.1 Å². The summed E-state index contributed by atoms with van der Waals surface area (Å²) < 4.78 is 6.61. The number of hydrogen-bond donors (Lipinski definition) is 1. The Hall–Kier alpha value is -1.57. The molecule has 1 N–H and O–H groups in total. The van der Waals surface area contributed by atoms with Crippen molar-refractivity contribution in [2.24, 2.45) is 0 Å². The summed E-state index contributed by atoms with van der Waals surface area (Å²) in [4.78, 5) is 25.8. The van der Waals surface area contributed by atoms with Crippen LogP contribution in [0.1, 0.15) is 30.5 Å². The number of hydrogen-bond acceptors (Lipinski definition) is 3. The van der Waals surface area contributed by atoms with Crippen molar-refractivity contribution in [2.45, 2.75) is 33.2 Å².